The predicted molar refractivity (Wildman–Crippen MR) is 64.3 cm³/mol. The minimum Gasteiger partial charge on any atom is -0.380 e. The molecule has 4 heteroatoms. The van der Waals surface area contributed by atoms with Crippen LogP contribution in [0.25, 0.3) is 11.3 Å². The molecular formula is C12H14N4. The van der Waals surface area contributed by atoms with Crippen molar-refractivity contribution in [2.75, 3.05) is 18.4 Å². The average Bonchev–Trinajstić information content (AvgIpc) is 2.78. The van der Waals surface area contributed by atoms with Crippen LogP contribution in [0.15, 0.2) is 36.5 Å². The highest BCUT2D eigenvalue weighted by atomic mass is 15.1. The molecule has 16 heavy (non-hydrogen) atoms. The summed E-state index contributed by atoms with van der Waals surface area (Å²) >= 11 is 0. The van der Waals surface area contributed by atoms with Crippen LogP contribution in [0.5, 0.6) is 0 Å². The first-order chi connectivity index (χ1) is 7.92. The molecule has 0 atom stereocenters. The minimum absolute atomic E-state index is 0.581. The highest BCUT2D eigenvalue weighted by Gasteiger charge is 2.15. The summed E-state index contributed by atoms with van der Waals surface area (Å²) < 4.78 is 0. The van der Waals surface area contributed by atoms with Crippen LogP contribution in [0.3, 0.4) is 0 Å². The summed E-state index contributed by atoms with van der Waals surface area (Å²) in [5.74, 6) is 0. The number of H-pyrrole nitrogens is 1. The lowest BCUT2D eigenvalue weighted by molar-refractivity contribution is 0.472. The number of rotatable bonds is 3. The minimum atomic E-state index is 0.581. The fourth-order valence-corrected chi connectivity index (χ4v) is 1.79. The Labute approximate surface area is 94.1 Å². The Balaban J connectivity index is 1.74. The van der Waals surface area contributed by atoms with E-state index in [1.807, 2.05) is 6.07 Å². The van der Waals surface area contributed by atoms with Gasteiger partial charge in [-0.15, -0.1) is 0 Å². The topological polar surface area (TPSA) is 52.7 Å². The number of nitrogens with zero attached hydrogens (tertiary/aromatic N) is 1. The third kappa shape index (κ3) is 1.79. The number of nitrogens with one attached hydrogen (secondary N) is 3. The Morgan fingerprint density at radius 3 is 2.50 bits per heavy atom. The monoisotopic (exact) mass is 214 g/mol. The summed E-state index contributed by atoms with van der Waals surface area (Å²) in [6, 6.07) is 11.0. The quantitative estimate of drug-likeness (QED) is 0.725. The van der Waals surface area contributed by atoms with Crippen molar-refractivity contribution in [2.45, 2.75) is 6.04 Å². The van der Waals surface area contributed by atoms with Gasteiger partial charge in [0.15, 0.2) is 0 Å². The van der Waals surface area contributed by atoms with E-state index in [2.05, 4.69) is 45.1 Å². The Kier molecular flexibility index (Phi) is 2.34. The summed E-state index contributed by atoms with van der Waals surface area (Å²) in [6.45, 7) is 2.12. The van der Waals surface area contributed by atoms with Crippen molar-refractivity contribution in [3.05, 3.63) is 36.5 Å². The molecule has 1 saturated heterocycles. The maximum absolute atomic E-state index is 3.94. The largest absolute Gasteiger partial charge is 0.380 e. The molecule has 4 nitrogen and oxygen atoms in total. The average molecular weight is 214 g/mol. The second-order valence-electron chi connectivity index (χ2n) is 4.05. The zero-order chi connectivity index (χ0) is 10.8. The van der Waals surface area contributed by atoms with E-state index in [1.54, 1.807) is 6.20 Å². The number of anilines is 1. The molecule has 0 unspecified atom stereocenters. The van der Waals surface area contributed by atoms with Crippen molar-refractivity contribution in [2.24, 2.45) is 0 Å². The van der Waals surface area contributed by atoms with Gasteiger partial charge in [0, 0.05) is 25.0 Å². The summed E-state index contributed by atoms with van der Waals surface area (Å²) in [5, 5.41) is 13.6. The number of benzene rings is 1. The Morgan fingerprint density at radius 2 is 1.94 bits per heavy atom. The van der Waals surface area contributed by atoms with Crippen molar-refractivity contribution < 1.29 is 0 Å². The molecule has 0 bridgehead atoms. The van der Waals surface area contributed by atoms with E-state index in [0.29, 0.717) is 6.04 Å². The third-order valence-corrected chi connectivity index (χ3v) is 2.85. The molecule has 1 aromatic heterocycles. The lowest BCUT2D eigenvalue weighted by Gasteiger charge is -2.29. The van der Waals surface area contributed by atoms with Crippen LogP contribution in [-0.2, 0) is 0 Å². The Bertz CT molecular complexity index is 442. The molecular weight excluding hydrogens is 200 g/mol. The van der Waals surface area contributed by atoms with E-state index in [0.717, 1.165) is 24.3 Å². The molecule has 1 fully saturated rings. The van der Waals surface area contributed by atoms with Gasteiger partial charge in [0.2, 0.25) is 0 Å². The molecule has 2 heterocycles. The van der Waals surface area contributed by atoms with E-state index in [-0.39, 0.29) is 0 Å². The Hall–Kier alpha value is -1.81. The highest BCUT2D eigenvalue weighted by Crippen LogP contribution is 2.19. The molecule has 0 aliphatic carbocycles. The van der Waals surface area contributed by atoms with Crippen LogP contribution in [-0.4, -0.2) is 29.3 Å². The first-order valence-electron chi connectivity index (χ1n) is 5.49. The van der Waals surface area contributed by atoms with E-state index in [4.69, 9.17) is 0 Å². The van der Waals surface area contributed by atoms with Crippen LogP contribution in [0.4, 0.5) is 5.69 Å². The third-order valence-electron chi connectivity index (χ3n) is 2.85. The standard InChI is InChI=1S/C12H14N4/c1-3-10(15-11-7-13-8-11)4-2-9(1)12-5-6-14-16-12/h1-6,11,13,15H,7-8H2,(H,14,16). The predicted octanol–water partition coefficient (Wildman–Crippen LogP) is 1.46. The van der Waals surface area contributed by atoms with Crippen molar-refractivity contribution in [1.29, 1.82) is 0 Å². The first-order valence-corrected chi connectivity index (χ1v) is 5.49. The van der Waals surface area contributed by atoms with Gasteiger partial charge in [-0.3, -0.25) is 5.10 Å². The van der Waals surface area contributed by atoms with Crippen molar-refractivity contribution in [3.8, 4) is 11.3 Å². The lowest BCUT2D eigenvalue weighted by atomic mass is 10.1. The van der Waals surface area contributed by atoms with E-state index in [1.165, 1.54) is 5.69 Å². The number of aromatic amines is 1. The van der Waals surface area contributed by atoms with Gasteiger partial charge < -0.3 is 10.6 Å². The molecule has 1 aliphatic rings. The second kappa shape index (κ2) is 3.98. The smallest absolute Gasteiger partial charge is 0.0650 e. The molecule has 0 amide bonds. The van der Waals surface area contributed by atoms with Crippen LogP contribution < -0.4 is 10.6 Å². The molecule has 82 valence electrons. The molecule has 0 spiro atoms. The van der Waals surface area contributed by atoms with Crippen LogP contribution in [0.1, 0.15) is 0 Å². The van der Waals surface area contributed by atoms with Crippen molar-refractivity contribution in [1.82, 2.24) is 15.5 Å². The zero-order valence-electron chi connectivity index (χ0n) is 8.90. The van der Waals surface area contributed by atoms with Gasteiger partial charge in [0.05, 0.1) is 11.7 Å². The van der Waals surface area contributed by atoms with Gasteiger partial charge in [-0.2, -0.15) is 5.10 Å². The fourth-order valence-electron chi connectivity index (χ4n) is 1.79. The van der Waals surface area contributed by atoms with E-state index in [9.17, 15) is 0 Å². The van der Waals surface area contributed by atoms with Crippen molar-refractivity contribution in [3.63, 3.8) is 0 Å². The van der Waals surface area contributed by atoms with Gasteiger partial charge in [0.1, 0.15) is 0 Å². The van der Waals surface area contributed by atoms with Gasteiger partial charge in [0.25, 0.3) is 0 Å². The fraction of sp³-hybridized carbons (Fsp3) is 0.250. The molecule has 1 aromatic carbocycles. The second-order valence-corrected chi connectivity index (χ2v) is 4.05. The lowest BCUT2D eigenvalue weighted by Crippen LogP contribution is -2.51. The van der Waals surface area contributed by atoms with E-state index >= 15 is 0 Å². The van der Waals surface area contributed by atoms with Crippen LogP contribution >= 0.6 is 0 Å². The van der Waals surface area contributed by atoms with Gasteiger partial charge in [-0.05, 0) is 23.8 Å². The van der Waals surface area contributed by atoms with E-state index < -0.39 is 0 Å². The molecule has 3 rings (SSSR count). The molecule has 2 aromatic rings. The van der Waals surface area contributed by atoms with Gasteiger partial charge in [-0.1, -0.05) is 12.1 Å². The van der Waals surface area contributed by atoms with Crippen LogP contribution in [0, 0.1) is 0 Å². The Morgan fingerprint density at radius 1 is 1.12 bits per heavy atom. The number of hydrogen-bond acceptors (Lipinski definition) is 3. The SMILES string of the molecule is c1cc(-c2ccc(NC3CNC3)cc2)[nH]n1. The number of hydrogen-bond donors (Lipinski definition) is 3. The van der Waals surface area contributed by atoms with Crippen molar-refractivity contribution >= 4 is 5.69 Å². The summed E-state index contributed by atoms with van der Waals surface area (Å²) in [4.78, 5) is 0. The van der Waals surface area contributed by atoms with Crippen LogP contribution in [0.2, 0.25) is 0 Å². The normalized spacial score (nSPS) is 15.8. The van der Waals surface area contributed by atoms with Gasteiger partial charge in [-0.25, -0.2) is 0 Å². The molecule has 0 saturated carbocycles. The highest BCUT2D eigenvalue weighted by molar-refractivity contribution is 5.62. The first kappa shape index (κ1) is 9.42. The molecule has 0 radical (unpaired) electrons. The maximum atomic E-state index is 3.94. The molecule has 3 N–H and O–H groups in total. The van der Waals surface area contributed by atoms with Gasteiger partial charge >= 0.3 is 0 Å². The summed E-state index contributed by atoms with van der Waals surface area (Å²) in [6.07, 6.45) is 1.77. The number of aromatic nitrogens is 2. The summed E-state index contributed by atoms with van der Waals surface area (Å²) in [5.41, 5.74) is 3.39. The maximum Gasteiger partial charge on any atom is 0.0650 e. The summed E-state index contributed by atoms with van der Waals surface area (Å²) in [7, 11) is 0. The zero-order valence-corrected chi connectivity index (χ0v) is 8.90. The molecule has 1 aliphatic heterocycles.